The molecule has 1 aromatic rings. The van der Waals surface area contributed by atoms with Crippen molar-refractivity contribution < 1.29 is 14.3 Å². The van der Waals surface area contributed by atoms with Gasteiger partial charge in [0, 0.05) is 18.2 Å². The van der Waals surface area contributed by atoms with Gasteiger partial charge in [0.15, 0.2) is 0 Å². The van der Waals surface area contributed by atoms with Gasteiger partial charge < -0.3 is 10.4 Å². The summed E-state index contributed by atoms with van der Waals surface area (Å²) in [6.45, 7) is 0.400. The minimum absolute atomic E-state index is 0.140. The van der Waals surface area contributed by atoms with Crippen molar-refractivity contribution in [2.45, 2.75) is 57.5 Å². The highest BCUT2D eigenvalue weighted by Crippen LogP contribution is 2.18. The lowest BCUT2D eigenvalue weighted by Crippen LogP contribution is -2.29. The molecule has 2 N–H and O–H groups in total. The van der Waals surface area contributed by atoms with Crippen LogP contribution in [0.25, 0.3) is 0 Å². The molecule has 0 bridgehead atoms. The summed E-state index contributed by atoms with van der Waals surface area (Å²) in [7, 11) is 0. The number of hydrogen-bond donors (Lipinski definition) is 2. The highest BCUT2D eigenvalue weighted by Gasteiger charge is 2.13. The van der Waals surface area contributed by atoms with Gasteiger partial charge in [-0.3, -0.25) is 0 Å². The molecule has 0 aromatic heterocycles. The van der Waals surface area contributed by atoms with Crippen molar-refractivity contribution in [3.05, 3.63) is 35.1 Å². The van der Waals surface area contributed by atoms with Crippen LogP contribution in [0.3, 0.4) is 0 Å². The fraction of sp³-hybridized carbons (Fsp3) is 0.562. The van der Waals surface area contributed by atoms with Gasteiger partial charge >= 0.3 is 5.97 Å². The van der Waals surface area contributed by atoms with Gasteiger partial charge in [-0.1, -0.05) is 32.1 Å². The van der Waals surface area contributed by atoms with Crippen LogP contribution < -0.4 is 5.32 Å². The third-order valence-electron chi connectivity index (χ3n) is 3.98. The SMILES string of the molecule is O=C(O)c1ccc(F)c(CNC2CCCCCCC2)c1. The summed E-state index contributed by atoms with van der Waals surface area (Å²) < 4.78 is 13.7. The van der Waals surface area contributed by atoms with E-state index in [4.69, 9.17) is 5.11 Å². The van der Waals surface area contributed by atoms with E-state index in [1.165, 1.54) is 50.3 Å². The van der Waals surface area contributed by atoms with Crippen molar-refractivity contribution in [2.24, 2.45) is 0 Å². The lowest BCUT2D eigenvalue weighted by molar-refractivity contribution is 0.0696. The van der Waals surface area contributed by atoms with Crippen LogP contribution in [0.2, 0.25) is 0 Å². The lowest BCUT2D eigenvalue weighted by Gasteiger charge is -2.21. The summed E-state index contributed by atoms with van der Waals surface area (Å²) in [6.07, 6.45) is 8.56. The first-order valence-corrected chi connectivity index (χ1v) is 7.42. The molecule has 20 heavy (non-hydrogen) atoms. The summed E-state index contributed by atoms with van der Waals surface area (Å²) in [6, 6.07) is 4.38. The van der Waals surface area contributed by atoms with Crippen molar-refractivity contribution in [1.82, 2.24) is 5.32 Å². The zero-order chi connectivity index (χ0) is 14.4. The summed E-state index contributed by atoms with van der Waals surface area (Å²) in [5, 5.41) is 12.3. The summed E-state index contributed by atoms with van der Waals surface area (Å²) in [4.78, 5) is 10.9. The molecule has 1 saturated carbocycles. The van der Waals surface area contributed by atoms with Gasteiger partial charge in [0.1, 0.15) is 5.82 Å². The lowest BCUT2D eigenvalue weighted by atomic mass is 9.96. The fourth-order valence-corrected chi connectivity index (χ4v) is 2.76. The van der Waals surface area contributed by atoms with Crippen LogP contribution in [0.5, 0.6) is 0 Å². The molecule has 0 saturated heterocycles. The molecule has 1 aliphatic rings. The van der Waals surface area contributed by atoms with Crippen molar-refractivity contribution in [1.29, 1.82) is 0 Å². The minimum Gasteiger partial charge on any atom is -0.478 e. The van der Waals surface area contributed by atoms with Gasteiger partial charge in [-0.15, -0.1) is 0 Å². The number of benzene rings is 1. The Morgan fingerprint density at radius 3 is 2.50 bits per heavy atom. The average molecular weight is 279 g/mol. The molecule has 3 nitrogen and oxygen atoms in total. The van der Waals surface area contributed by atoms with Gasteiger partial charge in [-0.05, 0) is 31.0 Å². The summed E-state index contributed by atoms with van der Waals surface area (Å²) >= 11 is 0. The van der Waals surface area contributed by atoms with Gasteiger partial charge in [0.2, 0.25) is 0 Å². The van der Waals surface area contributed by atoms with Crippen LogP contribution >= 0.6 is 0 Å². The Kier molecular flexibility index (Phi) is 5.53. The number of hydrogen-bond acceptors (Lipinski definition) is 2. The number of carboxylic acid groups (broad SMARTS) is 1. The third-order valence-corrected chi connectivity index (χ3v) is 3.98. The van der Waals surface area contributed by atoms with Gasteiger partial charge in [0.05, 0.1) is 5.56 Å². The zero-order valence-corrected chi connectivity index (χ0v) is 11.7. The Hall–Kier alpha value is -1.42. The minimum atomic E-state index is -1.02. The molecule has 0 atom stereocenters. The molecule has 0 heterocycles. The quantitative estimate of drug-likeness (QED) is 0.883. The Morgan fingerprint density at radius 1 is 1.20 bits per heavy atom. The van der Waals surface area contributed by atoms with Crippen molar-refractivity contribution >= 4 is 5.97 Å². The monoisotopic (exact) mass is 279 g/mol. The highest BCUT2D eigenvalue weighted by molar-refractivity contribution is 5.87. The molecule has 110 valence electrons. The molecule has 0 unspecified atom stereocenters. The number of carboxylic acids is 1. The molecule has 4 heteroatoms. The van der Waals surface area contributed by atoms with Gasteiger partial charge in [-0.25, -0.2) is 9.18 Å². The van der Waals surface area contributed by atoms with Crippen molar-refractivity contribution in [3.8, 4) is 0 Å². The molecule has 1 aliphatic carbocycles. The van der Waals surface area contributed by atoms with Crippen LogP contribution in [0.4, 0.5) is 4.39 Å². The predicted molar refractivity (Wildman–Crippen MR) is 76.3 cm³/mol. The van der Waals surface area contributed by atoms with Crippen LogP contribution in [0.1, 0.15) is 60.9 Å². The van der Waals surface area contributed by atoms with E-state index in [9.17, 15) is 9.18 Å². The maximum Gasteiger partial charge on any atom is 0.335 e. The first-order chi connectivity index (χ1) is 9.66. The topological polar surface area (TPSA) is 49.3 Å². The van der Waals surface area contributed by atoms with E-state index in [-0.39, 0.29) is 11.4 Å². The summed E-state index contributed by atoms with van der Waals surface area (Å²) in [5.74, 6) is -1.36. The van der Waals surface area contributed by atoms with Crippen LogP contribution in [-0.4, -0.2) is 17.1 Å². The predicted octanol–water partition coefficient (Wildman–Crippen LogP) is 3.73. The maximum absolute atomic E-state index is 13.7. The number of aromatic carboxylic acids is 1. The molecule has 1 fully saturated rings. The number of carbonyl (C=O) groups is 1. The Bertz CT molecular complexity index is 454. The molecule has 1 aromatic carbocycles. The van der Waals surface area contributed by atoms with Crippen LogP contribution in [-0.2, 0) is 6.54 Å². The van der Waals surface area contributed by atoms with Gasteiger partial charge in [-0.2, -0.15) is 0 Å². The third kappa shape index (κ3) is 4.30. The Balaban J connectivity index is 1.95. The number of rotatable bonds is 4. The molecular formula is C16H22FNO2. The molecule has 0 aliphatic heterocycles. The van der Waals surface area contributed by atoms with E-state index in [1.807, 2.05) is 0 Å². The van der Waals surface area contributed by atoms with Crippen molar-refractivity contribution in [3.63, 3.8) is 0 Å². The smallest absolute Gasteiger partial charge is 0.335 e. The van der Waals surface area contributed by atoms with Gasteiger partial charge in [0.25, 0.3) is 0 Å². The second-order valence-corrected chi connectivity index (χ2v) is 5.53. The largest absolute Gasteiger partial charge is 0.478 e. The number of halogens is 1. The van der Waals surface area contributed by atoms with E-state index in [0.29, 0.717) is 18.2 Å². The van der Waals surface area contributed by atoms with E-state index >= 15 is 0 Å². The molecule has 2 rings (SSSR count). The van der Waals surface area contributed by atoms with Crippen molar-refractivity contribution in [2.75, 3.05) is 0 Å². The average Bonchev–Trinajstić information content (AvgIpc) is 2.39. The zero-order valence-electron chi connectivity index (χ0n) is 11.7. The second-order valence-electron chi connectivity index (χ2n) is 5.53. The number of nitrogens with one attached hydrogen (secondary N) is 1. The molecule has 0 spiro atoms. The van der Waals surface area contributed by atoms with Crippen LogP contribution in [0, 0.1) is 5.82 Å². The first kappa shape index (κ1) is 15.0. The second kappa shape index (κ2) is 7.39. The summed E-state index contributed by atoms with van der Waals surface area (Å²) in [5.41, 5.74) is 0.577. The highest BCUT2D eigenvalue weighted by atomic mass is 19.1. The fourth-order valence-electron chi connectivity index (χ4n) is 2.76. The molecule has 0 radical (unpaired) electrons. The standard InChI is InChI=1S/C16H22FNO2/c17-15-9-8-12(16(19)20)10-13(15)11-18-14-6-4-2-1-3-5-7-14/h8-10,14,18H,1-7,11H2,(H,19,20). The maximum atomic E-state index is 13.7. The first-order valence-electron chi connectivity index (χ1n) is 7.42. The van der Waals surface area contributed by atoms with E-state index < -0.39 is 5.97 Å². The Morgan fingerprint density at radius 2 is 1.85 bits per heavy atom. The normalized spacial score (nSPS) is 17.4. The van der Waals surface area contributed by atoms with E-state index in [1.54, 1.807) is 0 Å². The Labute approximate surface area is 119 Å². The van der Waals surface area contributed by atoms with E-state index in [0.717, 1.165) is 12.8 Å². The molecular weight excluding hydrogens is 257 g/mol. The molecule has 0 amide bonds. The van der Waals surface area contributed by atoms with Crippen LogP contribution in [0.15, 0.2) is 18.2 Å². The van der Waals surface area contributed by atoms with E-state index in [2.05, 4.69) is 5.32 Å².